The van der Waals surface area contributed by atoms with E-state index in [-0.39, 0.29) is 11.8 Å². The molecular formula is C32H39N3O2. The molecule has 0 bridgehead atoms. The van der Waals surface area contributed by atoms with Crippen LogP contribution in [0.2, 0.25) is 0 Å². The van der Waals surface area contributed by atoms with Crippen LogP contribution in [-0.2, 0) is 22.5 Å². The quantitative estimate of drug-likeness (QED) is 0.248. The van der Waals surface area contributed by atoms with Crippen molar-refractivity contribution in [3.05, 3.63) is 77.6 Å². The van der Waals surface area contributed by atoms with Gasteiger partial charge in [-0.1, -0.05) is 61.5 Å². The van der Waals surface area contributed by atoms with E-state index in [1.165, 1.54) is 27.4 Å². The van der Waals surface area contributed by atoms with Crippen molar-refractivity contribution in [1.82, 2.24) is 14.5 Å². The van der Waals surface area contributed by atoms with E-state index in [0.29, 0.717) is 12.3 Å². The summed E-state index contributed by atoms with van der Waals surface area (Å²) in [5, 5.41) is 2.53. The predicted octanol–water partition coefficient (Wildman–Crippen LogP) is 6.51. The molecule has 0 aliphatic carbocycles. The van der Waals surface area contributed by atoms with Gasteiger partial charge in [0.1, 0.15) is 5.82 Å². The molecule has 0 N–H and O–H groups in total. The summed E-state index contributed by atoms with van der Waals surface area (Å²) in [5.41, 5.74) is 4.78. The summed E-state index contributed by atoms with van der Waals surface area (Å²) in [7, 11) is 1.75. The number of aryl methyl sites for hydroxylation is 2. The van der Waals surface area contributed by atoms with Crippen LogP contribution in [0.5, 0.6) is 0 Å². The number of carbonyl (C=O) groups excluding carboxylic acids is 1. The van der Waals surface area contributed by atoms with Gasteiger partial charge >= 0.3 is 0 Å². The molecule has 2 heterocycles. The summed E-state index contributed by atoms with van der Waals surface area (Å²) in [6, 6.07) is 21.5. The van der Waals surface area contributed by atoms with E-state index in [9.17, 15) is 4.79 Å². The lowest BCUT2D eigenvalue weighted by Gasteiger charge is -2.33. The van der Waals surface area contributed by atoms with E-state index in [1.54, 1.807) is 7.11 Å². The normalized spacial score (nSPS) is 16.9. The Bertz CT molecular complexity index is 1380. The second-order valence-electron chi connectivity index (χ2n) is 10.8. The molecule has 5 rings (SSSR count). The molecule has 37 heavy (non-hydrogen) atoms. The first-order valence-corrected chi connectivity index (χ1v) is 13.7. The molecule has 1 fully saturated rings. The molecule has 1 saturated heterocycles. The van der Waals surface area contributed by atoms with Crippen molar-refractivity contribution in [2.75, 3.05) is 26.8 Å². The number of piperidine rings is 1. The van der Waals surface area contributed by atoms with Crippen LogP contribution < -0.4 is 0 Å². The lowest BCUT2D eigenvalue weighted by molar-refractivity contribution is -0.133. The number of rotatable bonds is 9. The fraction of sp³-hybridized carbons (Fsp3) is 0.438. The number of fused-ring (bicyclic) bond motifs is 2. The molecule has 1 aromatic heterocycles. The Labute approximate surface area is 220 Å². The van der Waals surface area contributed by atoms with Crippen LogP contribution in [0.1, 0.15) is 55.5 Å². The Morgan fingerprint density at radius 3 is 2.78 bits per heavy atom. The highest BCUT2D eigenvalue weighted by Gasteiger charge is 2.29. The summed E-state index contributed by atoms with van der Waals surface area (Å²) < 4.78 is 7.70. The Morgan fingerprint density at radius 1 is 1.11 bits per heavy atom. The van der Waals surface area contributed by atoms with Gasteiger partial charge in [-0.05, 0) is 66.5 Å². The van der Waals surface area contributed by atoms with E-state index >= 15 is 0 Å². The number of amides is 1. The zero-order valence-electron chi connectivity index (χ0n) is 22.5. The van der Waals surface area contributed by atoms with Crippen LogP contribution in [-0.4, -0.2) is 47.2 Å². The molecule has 0 unspecified atom stereocenters. The maximum Gasteiger partial charge on any atom is 0.222 e. The Hall–Kier alpha value is -3.18. The molecule has 4 aromatic rings. The summed E-state index contributed by atoms with van der Waals surface area (Å²) >= 11 is 0. The van der Waals surface area contributed by atoms with Crippen LogP contribution in [0, 0.1) is 12.8 Å². The number of para-hydroxylation sites is 1. The third-order valence-corrected chi connectivity index (χ3v) is 7.80. The first-order valence-electron chi connectivity index (χ1n) is 13.7. The number of benzene rings is 3. The van der Waals surface area contributed by atoms with Gasteiger partial charge in [0.25, 0.3) is 0 Å². The molecule has 194 valence electrons. The first kappa shape index (κ1) is 25.5. The number of methoxy groups -OCH3 is 1. The summed E-state index contributed by atoms with van der Waals surface area (Å²) in [5.74, 6) is 1.97. The number of likely N-dealkylation sites (tertiary alicyclic amines) is 1. The number of hydrogen-bond acceptors (Lipinski definition) is 3. The van der Waals surface area contributed by atoms with E-state index in [1.807, 2.05) is 0 Å². The van der Waals surface area contributed by atoms with E-state index < -0.39 is 0 Å². The van der Waals surface area contributed by atoms with Crippen molar-refractivity contribution in [3.8, 4) is 0 Å². The lowest BCUT2D eigenvalue weighted by Crippen LogP contribution is -2.40. The highest BCUT2D eigenvalue weighted by atomic mass is 16.5. The molecule has 2 atom stereocenters. The van der Waals surface area contributed by atoms with Gasteiger partial charge in [0, 0.05) is 45.7 Å². The second kappa shape index (κ2) is 11.5. The zero-order chi connectivity index (χ0) is 25.8. The van der Waals surface area contributed by atoms with Crippen molar-refractivity contribution >= 4 is 27.7 Å². The molecule has 5 heteroatoms. The molecule has 0 saturated carbocycles. The maximum atomic E-state index is 13.4. The average Bonchev–Trinajstić information content (AvgIpc) is 3.28. The van der Waals surface area contributed by atoms with Crippen molar-refractivity contribution < 1.29 is 9.53 Å². The minimum Gasteiger partial charge on any atom is -0.385 e. The van der Waals surface area contributed by atoms with Gasteiger partial charge < -0.3 is 14.2 Å². The standard InChI is InChI=1S/C32H39N3O2/c1-23(19-25-14-15-26-10-4-5-11-27(26)21-25)20-30(36)34-16-7-12-28(22-34)32-33-31-24(2)9-6-13-29(31)35(32)17-8-18-37-3/h4-6,9-11,13-15,21,23,28H,7-8,12,16-20,22H2,1-3H3/t23-,28-/m1/s1. The molecule has 1 amide bonds. The van der Waals surface area contributed by atoms with E-state index in [4.69, 9.17) is 9.72 Å². The predicted molar refractivity (Wildman–Crippen MR) is 151 cm³/mol. The van der Waals surface area contributed by atoms with E-state index in [0.717, 1.165) is 63.3 Å². The topological polar surface area (TPSA) is 47.4 Å². The minimum absolute atomic E-state index is 0.267. The zero-order valence-corrected chi connectivity index (χ0v) is 22.5. The summed E-state index contributed by atoms with van der Waals surface area (Å²) in [4.78, 5) is 20.6. The fourth-order valence-corrected chi connectivity index (χ4v) is 5.90. The van der Waals surface area contributed by atoms with Gasteiger partial charge in [0.05, 0.1) is 11.0 Å². The number of imidazole rings is 1. The van der Waals surface area contributed by atoms with Crippen LogP contribution in [0.25, 0.3) is 21.8 Å². The Kier molecular flexibility index (Phi) is 7.90. The molecule has 0 spiro atoms. The monoisotopic (exact) mass is 497 g/mol. The number of hydrogen-bond donors (Lipinski definition) is 0. The Balaban J connectivity index is 1.27. The van der Waals surface area contributed by atoms with Gasteiger partial charge in [-0.15, -0.1) is 0 Å². The van der Waals surface area contributed by atoms with Crippen LogP contribution in [0.4, 0.5) is 0 Å². The Morgan fingerprint density at radius 2 is 1.95 bits per heavy atom. The van der Waals surface area contributed by atoms with Crippen molar-refractivity contribution in [1.29, 1.82) is 0 Å². The number of nitrogens with zero attached hydrogens (tertiary/aromatic N) is 3. The summed E-state index contributed by atoms with van der Waals surface area (Å²) in [6.07, 6.45) is 4.55. The average molecular weight is 498 g/mol. The smallest absolute Gasteiger partial charge is 0.222 e. The molecule has 5 nitrogen and oxygen atoms in total. The summed E-state index contributed by atoms with van der Waals surface area (Å²) in [6.45, 7) is 7.56. The number of ether oxygens (including phenoxy) is 1. The number of aromatic nitrogens is 2. The molecule has 1 aliphatic heterocycles. The fourth-order valence-electron chi connectivity index (χ4n) is 5.90. The lowest BCUT2D eigenvalue weighted by atomic mass is 9.93. The van der Waals surface area contributed by atoms with Crippen molar-refractivity contribution in [2.24, 2.45) is 5.92 Å². The second-order valence-corrected chi connectivity index (χ2v) is 10.8. The highest BCUT2D eigenvalue weighted by Crippen LogP contribution is 2.31. The molecule has 0 radical (unpaired) electrons. The molecule has 1 aliphatic rings. The van der Waals surface area contributed by atoms with Gasteiger partial charge in [-0.2, -0.15) is 0 Å². The first-order chi connectivity index (χ1) is 18.0. The van der Waals surface area contributed by atoms with Crippen LogP contribution in [0.3, 0.4) is 0 Å². The van der Waals surface area contributed by atoms with E-state index in [2.05, 4.69) is 84.0 Å². The van der Waals surface area contributed by atoms with Crippen molar-refractivity contribution in [2.45, 2.75) is 58.4 Å². The SMILES string of the molecule is COCCCn1c([C@@H]2CCCN(C(=O)C[C@H](C)Cc3ccc4ccccc4c3)C2)nc2c(C)cccc21. The largest absolute Gasteiger partial charge is 0.385 e. The third-order valence-electron chi connectivity index (χ3n) is 7.80. The van der Waals surface area contributed by atoms with Gasteiger partial charge in [-0.3, -0.25) is 4.79 Å². The van der Waals surface area contributed by atoms with Crippen molar-refractivity contribution in [3.63, 3.8) is 0 Å². The van der Waals surface area contributed by atoms with Crippen LogP contribution in [0.15, 0.2) is 60.7 Å². The van der Waals surface area contributed by atoms with Crippen LogP contribution >= 0.6 is 0 Å². The maximum absolute atomic E-state index is 13.4. The van der Waals surface area contributed by atoms with Gasteiger partial charge in [0.15, 0.2) is 0 Å². The van der Waals surface area contributed by atoms with Gasteiger partial charge in [-0.25, -0.2) is 4.98 Å². The number of carbonyl (C=O) groups is 1. The highest BCUT2D eigenvalue weighted by molar-refractivity contribution is 5.83. The third kappa shape index (κ3) is 5.72. The minimum atomic E-state index is 0.267. The molecule has 3 aromatic carbocycles. The van der Waals surface area contributed by atoms with Gasteiger partial charge in [0.2, 0.25) is 5.91 Å². The molecular weight excluding hydrogens is 458 g/mol.